The quantitative estimate of drug-likeness (QED) is 0.349. The minimum absolute atomic E-state index is 0.0684. The highest BCUT2D eigenvalue weighted by Crippen LogP contribution is 2.20. The molecule has 100 valence electrons. The SMILES string of the molecule is CC(C)COCCOC(=O)c1cc(N)ccc1O. The Hall–Kier alpha value is -1.75. The summed E-state index contributed by atoms with van der Waals surface area (Å²) in [6.07, 6.45) is 0. The van der Waals surface area contributed by atoms with Gasteiger partial charge in [-0.15, -0.1) is 0 Å². The number of esters is 1. The first-order valence-electron chi connectivity index (χ1n) is 5.84. The molecule has 0 aromatic heterocycles. The summed E-state index contributed by atoms with van der Waals surface area (Å²) >= 11 is 0. The van der Waals surface area contributed by atoms with Crippen molar-refractivity contribution in [1.82, 2.24) is 0 Å². The number of nitrogens with two attached hydrogens (primary N) is 1. The molecule has 0 saturated heterocycles. The molecule has 0 bridgehead atoms. The fraction of sp³-hybridized carbons (Fsp3) is 0.462. The summed E-state index contributed by atoms with van der Waals surface area (Å²) in [5.74, 6) is -0.302. The number of aromatic hydroxyl groups is 1. The first kappa shape index (κ1) is 14.3. The molecule has 5 nitrogen and oxygen atoms in total. The number of ether oxygens (including phenoxy) is 2. The summed E-state index contributed by atoms with van der Waals surface area (Å²) in [6, 6.07) is 4.26. The third-order valence-corrected chi connectivity index (χ3v) is 2.15. The van der Waals surface area contributed by atoms with E-state index in [1.165, 1.54) is 18.2 Å². The first-order valence-corrected chi connectivity index (χ1v) is 5.84. The third-order valence-electron chi connectivity index (χ3n) is 2.15. The molecule has 0 aliphatic rings. The minimum Gasteiger partial charge on any atom is -0.507 e. The van der Waals surface area contributed by atoms with E-state index in [-0.39, 0.29) is 17.9 Å². The Bertz CT molecular complexity index is 404. The van der Waals surface area contributed by atoms with Gasteiger partial charge in [-0.25, -0.2) is 4.79 Å². The zero-order valence-corrected chi connectivity index (χ0v) is 10.7. The molecule has 0 radical (unpaired) electrons. The van der Waals surface area contributed by atoms with Gasteiger partial charge in [0.15, 0.2) is 0 Å². The predicted octanol–water partition coefficient (Wildman–Crippen LogP) is 1.80. The molecular weight excluding hydrogens is 234 g/mol. The Morgan fingerprint density at radius 2 is 2.11 bits per heavy atom. The molecule has 1 rings (SSSR count). The number of carbonyl (C=O) groups is 1. The number of phenolic OH excluding ortho intramolecular Hbond substituents is 1. The van der Waals surface area contributed by atoms with Crippen molar-refractivity contribution < 1.29 is 19.4 Å². The van der Waals surface area contributed by atoms with E-state index in [9.17, 15) is 9.90 Å². The van der Waals surface area contributed by atoms with E-state index in [0.29, 0.717) is 24.8 Å². The molecule has 1 aromatic rings. The molecule has 5 heteroatoms. The van der Waals surface area contributed by atoms with Gasteiger partial charge in [0.2, 0.25) is 0 Å². The largest absolute Gasteiger partial charge is 0.507 e. The lowest BCUT2D eigenvalue weighted by atomic mass is 10.2. The maximum Gasteiger partial charge on any atom is 0.342 e. The van der Waals surface area contributed by atoms with Crippen LogP contribution in [0, 0.1) is 5.92 Å². The predicted molar refractivity (Wildman–Crippen MR) is 68.5 cm³/mol. The summed E-state index contributed by atoms with van der Waals surface area (Å²) in [5, 5.41) is 9.49. The van der Waals surface area contributed by atoms with Crippen molar-refractivity contribution in [1.29, 1.82) is 0 Å². The van der Waals surface area contributed by atoms with Crippen LogP contribution in [0.5, 0.6) is 5.75 Å². The third kappa shape index (κ3) is 4.63. The Balaban J connectivity index is 2.39. The molecule has 0 aliphatic carbocycles. The van der Waals surface area contributed by atoms with E-state index < -0.39 is 5.97 Å². The summed E-state index contributed by atoms with van der Waals surface area (Å²) in [4.78, 5) is 11.6. The van der Waals surface area contributed by atoms with E-state index in [0.717, 1.165) is 0 Å². The zero-order valence-electron chi connectivity index (χ0n) is 10.7. The fourth-order valence-corrected chi connectivity index (χ4v) is 1.31. The van der Waals surface area contributed by atoms with Gasteiger partial charge in [0.1, 0.15) is 17.9 Å². The van der Waals surface area contributed by atoms with Crippen LogP contribution in [0.25, 0.3) is 0 Å². The number of rotatable bonds is 6. The highest BCUT2D eigenvalue weighted by Gasteiger charge is 2.12. The van der Waals surface area contributed by atoms with Gasteiger partial charge >= 0.3 is 5.97 Å². The van der Waals surface area contributed by atoms with Crippen molar-refractivity contribution in [3.8, 4) is 5.75 Å². The lowest BCUT2D eigenvalue weighted by Crippen LogP contribution is -2.13. The van der Waals surface area contributed by atoms with Crippen LogP contribution in [-0.4, -0.2) is 30.9 Å². The van der Waals surface area contributed by atoms with E-state index in [2.05, 4.69) is 0 Å². The maximum absolute atomic E-state index is 11.6. The molecule has 0 aliphatic heterocycles. The van der Waals surface area contributed by atoms with Crippen LogP contribution in [0.4, 0.5) is 5.69 Å². The van der Waals surface area contributed by atoms with Crippen LogP contribution < -0.4 is 5.73 Å². The second-order valence-electron chi connectivity index (χ2n) is 4.38. The molecule has 1 aromatic carbocycles. The molecule has 0 saturated carbocycles. The van der Waals surface area contributed by atoms with Crippen LogP contribution in [0.3, 0.4) is 0 Å². The van der Waals surface area contributed by atoms with Gasteiger partial charge in [0, 0.05) is 12.3 Å². The lowest BCUT2D eigenvalue weighted by Gasteiger charge is -2.08. The van der Waals surface area contributed by atoms with Gasteiger partial charge in [-0.3, -0.25) is 0 Å². The number of anilines is 1. The van der Waals surface area contributed by atoms with Crippen molar-refractivity contribution in [2.45, 2.75) is 13.8 Å². The van der Waals surface area contributed by atoms with Crippen molar-refractivity contribution >= 4 is 11.7 Å². The summed E-state index contributed by atoms with van der Waals surface area (Å²) in [5.41, 5.74) is 6.00. The van der Waals surface area contributed by atoms with Crippen LogP contribution in [0.2, 0.25) is 0 Å². The molecule has 0 atom stereocenters. The molecular formula is C13H19NO4. The summed E-state index contributed by atoms with van der Waals surface area (Å²) in [6.45, 7) is 5.20. The van der Waals surface area contributed by atoms with Crippen LogP contribution in [-0.2, 0) is 9.47 Å². The van der Waals surface area contributed by atoms with Gasteiger partial charge in [-0.05, 0) is 24.1 Å². The Morgan fingerprint density at radius 1 is 1.39 bits per heavy atom. The van der Waals surface area contributed by atoms with E-state index in [1.807, 2.05) is 13.8 Å². The van der Waals surface area contributed by atoms with Gasteiger partial charge in [0.05, 0.1) is 6.61 Å². The number of hydrogen-bond donors (Lipinski definition) is 2. The Morgan fingerprint density at radius 3 is 2.78 bits per heavy atom. The van der Waals surface area contributed by atoms with E-state index in [4.69, 9.17) is 15.2 Å². The molecule has 3 N–H and O–H groups in total. The normalized spacial score (nSPS) is 10.6. The monoisotopic (exact) mass is 253 g/mol. The molecule has 0 unspecified atom stereocenters. The van der Waals surface area contributed by atoms with Gasteiger partial charge in [0.25, 0.3) is 0 Å². The fourth-order valence-electron chi connectivity index (χ4n) is 1.31. The number of benzene rings is 1. The minimum atomic E-state index is -0.604. The second-order valence-corrected chi connectivity index (χ2v) is 4.38. The second kappa shape index (κ2) is 6.86. The molecule has 0 spiro atoms. The number of hydrogen-bond acceptors (Lipinski definition) is 5. The van der Waals surface area contributed by atoms with Gasteiger partial charge < -0.3 is 20.3 Å². The number of phenols is 1. The molecule has 0 heterocycles. The smallest absolute Gasteiger partial charge is 0.342 e. The van der Waals surface area contributed by atoms with E-state index in [1.54, 1.807) is 0 Å². The van der Waals surface area contributed by atoms with Gasteiger partial charge in [-0.1, -0.05) is 13.8 Å². The van der Waals surface area contributed by atoms with Gasteiger partial charge in [-0.2, -0.15) is 0 Å². The van der Waals surface area contributed by atoms with Crippen LogP contribution in [0.1, 0.15) is 24.2 Å². The molecule has 0 amide bonds. The summed E-state index contributed by atoms with van der Waals surface area (Å²) < 4.78 is 10.2. The highest BCUT2D eigenvalue weighted by atomic mass is 16.6. The van der Waals surface area contributed by atoms with Crippen molar-refractivity contribution in [3.63, 3.8) is 0 Å². The molecule has 0 fully saturated rings. The average Bonchev–Trinajstić information content (AvgIpc) is 2.31. The average molecular weight is 253 g/mol. The number of carbonyl (C=O) groups excluding carboxylic acids is 1. The van der Waals surface area contributed by atoms with Crippen LogP contribution >= 0.6 is 0 Å². The Kier molecular flexibility index (Phi) is 5.45. The number of nitrogen functional groups attached to an aromatic ring is 1. The molecule has 18 heavy (non-hydrogen) atoms. The lowest BCUT2D eigenvalue weighted by molar-refractivity contribution is 0.0275. The Labute approximate surface area is 107 Å². The van der Waals surface area contributed by atoms with Crippen molar-refractivity contribution in [2.75, 3.05) is 25.6 Å². The van der Waals surface area contributed by atoms with Crippen molar-refractivity contribution in [2.24, 2.45) is 5.92 Å². The maximum atomic E-state index is 11.6. The highest BCUT2D eigenvalue weighted by molar-refractivity contribution is 5.93. The first-order chi connectivity index (χ1) is 8.50. The van der Waals surface area contributed by atoms with Crippen molar-refractivity contribution in [3.05, 3.63) is 23.8 Å². The standard InChI is InChI=1S/C13H19NO4/c1-9(2)8-17-5-6-18-13(16)11-7-10(14)3-4-12(11)15/h3-4,7,9,15H,5-6,8,14H2,1-2H3. The summed E-state index contributed by atoms with van der Waals surface area (Å²) in [7, 11) is 0. The topological polar surface area (TPSA) is 81.8 Å². The van der Waals surface area contributed by atoms with E-state index >= 15 is 0 Å². The van der Waals surface area contributed by atoms with Crippen LogP contribution in [0.15, 0.2) is 18.2 Å². The zero-order chi connectivity index (χ0) is 13.5.